The van der Waals surface area contributed by atoms with Crippen molar-refractivity contribution in [1.29, 1.82) is 0 Å². The second kappa shape index (κ2) is 5.40. The van der Waals surface area contributed by atoms with Crippen molar-refractivity contribution in [2.75, 3.05) is 20.2 Å². The minimum Gasteiger partial charge on any atom is -0.381 e. The molecule has 102 valence electrons. The lowest BCUT2D eigenvalue weighted by Crippen LogP contribution is -2.40. The molecule has 1 aliphatic heterocycles. The summed E-state index contributed by atoms with van der Waals surface area (Å²) in [6.07, 6.45) is 3.15. The number of aromatic nitrogens is 1. The van der Waals surface area contributed by atoms with E-state index in [1.165, 1.54) is 10.5 Å². The number of H-pyrrole nitrogens is 1. The van der Waals surface area contributed by atoms with Crippen molar-refractivity contribution in [2.45, 2.75) is 30.4 Å². The van der Waals surface area contributed by atoms with Crippen molar-refractivity contribution in [3.63, 3.8) is 0 Å². The lowest BCUT2D eigenvalue weighted by atomic mass is 10.1. The van der Waals surface area contributed by atoms with Gasteiger partial charge in [-0.25, -0.2) is 8.42 Å². The van der Waals surface area contributed by atoms with E-state index in [9.17, 15) is 8.42 Å². The molecule has 1 aliphatic rings. The molecule has 6 nitrogen and oxygen atoms in total. The fourth-order valence-electron chi connectivity index (χ4n) is 2.14. The largest absolute Gasteiger partial charge is 0.381 e. The molecule has 18 heavy (non-hydrogen) atoms. The Bertz CT molecular complexity index is 489. The van der Waals surface area contributed by atoms with Crippen LogP contribution >= 0.6 is 0 Å². The number of methoxy groups -OCH3 is 1. The van der Waals surface area contributed by atoms with Gasteiger partial charge in [-0.05, 0) is 18.9 Å². The van der Waals surface area contributed by atoms with E-state index in [0.717, 1.165) is 18.5 Å². The first-order chi connectivity index (χ1) is 8.57. The number of hydrogen-bond acceptors (Lipinski definition) is 4. The van der Waals surface area contributed by atoms with E-state index in [0.29, 0.717) is 24.5 Å². The number of hydrogen-bond donors (Lipinski definition) is 2. The van der Waals surface area contributed by atoms with Crippen LogP contribution in [0.2, 0.25) is 0 Å². The van der Waals surface area contributed by atoms with Crippen LogP contribution in [0.4, 0.5) is 0 Å². The SMILES string of the molecule is COC1CCN(S(=O)(=O)c2c[nH]c(CN)c2)CC1. The first kappa shape index (κ1) is 13.5. The van der Waals surface area contributed by atoms with Crippen LogP contribution in [-0.4, -0.2) is 44.0 Å². The third kappa shape index (κ3) is 2.59. The second-order valence-corrected chi connectivity index (χ2v) is 6.34. The van der Waals surface area contributed by atoms with Crippen LogP contribution in [0, 0.1) is 0 Å². The van der Waals surface area contributed by atoms with E-state index in [1.54, 1.807) is 13.2 Å². The summed E-state index contributed by atoms with van der Waals surface area (Å²) >= 11 is 0. The van der Waals surface area contributed by atoms with Crippen molar-refractivity contribution >= 4 is 10.0 Å². The Morgan fingerprint density at radius 2 is 2.17 bits per heavy atom. The Kier molecular flexibility index (Phi) is 4.06. The zero-order chi connectivity index (χ0) is 13.2. The van der Waals surface area contributed by atoms with Gasteiger partial charge in [-0.1, -0.05) is 0 Å². The van der Waals surface area contributed by atoms with Gasteiger partial charge >= 0.3 is 0 Å². The molecule has 3 N–H and O–H groups in total. The zero-order valence-electron chi connectivity index (χ0n) is 10.4. The van der Waals surface area contributed by atoms with Crippen molar-refractivity contribution in [2.24, 2.45) is 5.73 Å². The summed E-state index contributed by atoms with van der Waals surface area (Å²) in [5.41, 5.74) is 6.19. The number of ether oxygens (including phenoxy) is 1. The predicted octanol–water partition coefficient (Wildman–Crippen LogP) is 0.273. The third-order valence-corrected chi connectivity index (χ3v) is 5.18. The normalized spacial score (nSPS) is 19.2. The fourth-order valence-corrected chi connectivity index (χ4v) is 3.63. The van der Waals surface area contributed by atoms with Crippen LogP contribution in [0.5, 0.6) is 0 Å². The molecule has 2 rings (SSSR count). The topological polar surface area (TPSA) is 88.4 Å². The van der Waals surface area contributed by atoms with Crippen LogP contribution < -0.4 is 5.73 Å². The number of rotatable bonds is 4. The van der Waals surface area contributed by atoms with E-state index in [2.05, 4.69) is 4.98 Å². The standard InChI is InChI=1S/C11H19N3O3S/c1-17-10-2-4-14(5-3-10)18(15,16)11-6-9(7-12)13-8-11/h6,8,10,13H,2-5,7,12H2,1H3. The van der Waals surface area contributed by atoms with Gasteiger partial charge < -0.3 is 15.5 Å². The van der Waals surface area contributed by atoms with E-state index in [-0.39, 0.29) is 6.10 Å². The molecular formula is C11H19N3O3S. The molecular weight excluding hydrogens is 254 g/mol. The molecule has 0 radical (unpaired) electrons. The second-order valence-electron chi connectivity index (χ2n) is 4.40. The van der Waals surface area contributed by atoms with E-state index in [1.807, 2.05) is 0 Å². The van der Waals surface area contributed by atoms with E-state index >= 15 is 0 Å². The average Bonchev–Trinajstić information content (AvgIpc) is 2.88. The Labute approximate surface area is 107 Å². The lowest BCUT2D eigenvalue weighted by Gasteiger charge is -2.30. The van der Waals surface area contributed by atoms with Gasteiger partial charge in [-0.2, -0.15) is 4.31 Å². The number of aromatic amines is 1. The first-order valence-electron chi connectivity index (χ1n) is 5.98. The van der Waals surface area contributed by atoms with Gasteiger partial charge in [0.05, 0.1) is 11.0 Å². The van der Waals surface area contributed by atoms with Gasteiger partial charge in [0.1, 0.15) is 0 Å². The molecule has 0 aliphatic carbocycles. The van der Waals surface area contributed by atoms with Crippen LogP contribution in [0.25, 0.3) is 0 Å². The minimum absolute atomic E-state index is 0.169. The minimum atomic E-state index is -3.39. The number of nitrogens with zero attached hydrogens (tertiary/aromatic N) is 1. The highest BCUT2D eigenvalue weighted by Crippen LogP contribution is 2.22. The maximum absolute atomic E-state index is 12.3. The van der Waals surface area contributed by atoms with Crippen molar-refractivity contribution in [1.82, 2.24) is 9.29 Å². The predicted molar refractivity (Wildman–Crippen MR) is 67.5 cm³/mol. The number of nitrogens with two attached hydrogens (primary N) is 1. The quantitative estimate of drug-likeness (QED) is 0.824. The third-order valence-electron chi connectivity index (χ3n) is 3.31. The molecule has 1 fully saturated rings. The monoisotopic (exact) mass is 273 g/mol. The molecule has 0 atom stereocenters. The summed E-state index contributed by atoms with van der Waals surface area (Å²) in [5.74, 6) is 0. The Hall–Kier alpha value is -0.890. The van der Waals surface area contributed by atoms with Gasteiger partial charge in [-0.15, -0.1) is 0 Å². The van der Waals surface area contributed by atoms with Gasteiger partial charge in [0.25, 0.3) is 0 Å². The van der Waals surface area contributed by atoms with Gasteiger partial charge in [0.2, 0.25) is 10.0 Å². The summed E-state index contributed by atoms with van der Waals surface area (Å²) in [7, 11) is -1.73. The van der Waals surface area contributed by atoms with Crippen molar-refractivity contribution < 1.29 is 13.2 Å². The van der Waals surface area contributed by atoms with Gasteiger partial charge in [-0.3, -0.25) is 0 Å². The summed E-state index contributed by atoms with van der Waals surface area (Å²) in [6.45, 7) is 1.31. The molecule has 0 spiro atoms. The Morgan fingerprint density at radius 3 is 2.67 bits per heavy atom. The molecule has 0 unspecified atom stereocenters. The highest BCUT2D eigenvalue weighted by Gasteiger charge is 2.29. The lowest BCUT2D eigenvalue weighted by molar-refractivity contribution is 0.0604. The summed E-state index contributed by atoms with van der Waals surface area (Å²) in [4.78, 5) is 3.16. The molecule has 1 aromatic rings. The maximum atomic E-state index is 12.3. The highest BCUT2D eigenvalue weighted by molar-refractivity contribution is 7.89. The van der Waals surface area contributed by atoms with E-state index in [4.69, 9.17) is 10.5 Å². The fraction of sp³-hybridized carbons (Fsp3) is 0.636. The average molecular weight is 273 g/mol. The summed E-state index contributed by atoms with van der Waals surface area (Å²) < 4.78 is 31.4. The van der Waals surface area contributed by atoms with Crippen LogP contribution in [-0.2, 0) is 21.3 Å². The smallest absolute Gasteiger partial charge is 0.244 e. The molecule has 2 heterocycles. The molecule has 0 amide bonds. The van der Waals surface area contributed by atoms with Crippen molar-refractivity contribution in [3.05, 3.63) is 18.0 Å². The van der Waals surface area contributed by atoms with Crippen LogP contribution in [0.1, 0.15) is 18.5 Å². The molecule has 0 saturated carbocycles. The van der Waals surface area contributed by atoms with Gasteiger partial charge in [0.15, 0.2) is 0 Å². The molecule has 1 aromatic heterocycles. The van der Waals surface area contributed by atoms with Crippen molar-refractivity contribution in [3.8, 4) is 0 Å². The van der Waals surface area contributed by atoms with Gasteiger partial charge in [0, 0.05) is 38.6 Å². The van der Waals surface area contributed by atoms with E-state index < -0.39 is 10.0 Å². The maximum Gasteiger partial charge on any atom is 0.244 e. The summed E-state index contributed by atoms with van der Waals surface area (Å²) in [6, 6.07) is 1.59. The number of nitrogens with one attached hydrogen (secondary N) is 1. The van der Waals surface area contributed by atoms with Crippen LogP contribution in [0.3, 0.4) is 0 Å². The Balaban J connectivity index is 2.12. The summed E-state index contributed by atoms with van der Waals surface area (Å²) in [5, 5.41) is 0. The number of piperidine rings is 1. The molecule has 0 aromatic carbocycles. The van der Waals surface area contributed by atoms with Crippen LogP contribution in [0.15, 0.2) is 17.2 Å². The molecule has 0 bridgehead atoms. The molecule has 1 saturated heterocycles. The first-order valence-corrected chi connectivity index (χ1v) is 7.42. The zero-order valence-corrected chi connectivity index (χ0v) is 11.2. The number of sulfonamides is 1. The molecule has 7 heteroatoms. The highest BCUT2D eigenvalue weighted by atomic mass is 32.2. The Morgan fingerprint density at radius 1 is 1.50 bits per heavy atom.